The van der Waals surface area contributed by atoms with Gasteiger partial charge in [0, 0.05) is 13.6 Å². The standard InChI is InChI=1S/C17H31N3O.HI/c1-17(2,12-6-4-5-7-12)11-19-16(18-3)20-14-10-13-8-9-15(14)21-13;/h12-15H,4-11H2,1-3H3,(H2,18,19,20);1H. The molecule has 0 aromatic rings. The van der Waals surface area contributed by atoms with Gasteiger partial charge >= 0.3 is 0 Å². The number of hydrogen-bond donors (Lipinski definition) is 2. The summed E-state index contributed by atoms with van der Waals surface area (Å²) in [5.41, 5.74) is 0.347. The van der Waals surface area contributed by atoms with Gasteiger partial charge in [0.1, 0.15) is 0 Å². The molecular weight excluding hydrogens is 389 g/mol. The molecule has 1 aliphatic carbocycles. The first-order valence-corrected chi connectivity index (χ1v) is 8.71. The minimum absolute atomic E-state index is 0. The predicted octanol–water partition coefficient (Wildman–Crippen LogP) is 3.31. The summed E-state index contributed by atoms with van der Waals surface area (Å²) in [4.78, 5) is 4.40. The van der Waals surface area contributed by atoms with Crippen molar-refractivity contribution in [2.75, 3.05) is 13.6 Å². The largest absolute Gasteiger partial charge is 0.373 e. The molecule has 0 aromatic heterocycles. The Hall–Kier alpha value is -0.0400. The van der Waals surface area contributed by atoms with Gasteiger partial charge in [0.25, 0.3) is 0 Å². The fraction of sp³-hybridized carbons (Fsp3) is 0.941. The van der Waals surface area contributed by atoms with E-state index in [9.17, 15) is 0 Å². The van der Waals surface area contributed by atoms with Crippen molar-refractivity contribution in [2.24, 2.45) is 16.3 Å². The second-order valence-corrected chi connectivity index (χ2v) is 7.76. The van der Waals surface area contributed by atoms with Gasteiger partial charge in [-0.3, -0.25) is 4.99 Å². The van der Waals surface area contributed by atoms with Crippen LogP contribution in [0.15, 0.2) is 4.99 Å². The van der Waals surface area contributed by atoms with Crippen LogP contribution in [0.4, 0.5) is 0 Å². The summed E-state index contributed by atoms with van der Waals surface area (Å²) in [6, 6.07) is 0.449. The first kappa shape index (κ1) is 18.3. The van der Waals surface area contributed by atoms with Gasteiger partial charge in [-0.05, 0) is 43.4 Å². The third-order valence-electron chi connectivity index (χ3n) is 5.82. The minimum Gasteiger partial charge on any atom is -0.373 e. The van der Waals surface area contributed by atoms with Crippen molar-refractivity contribution in [3.8, 4) is 0 Å². The molecule has 2 heterocycles. The van der Waals surface area contributed by atoms with Crippen LogP contribution in [0.1, 0.15) is 58.8 Å². The van der Waals surface area contributed by atoms with E-state index in [1.54, 1.807) is 0 Å². The molecule has 4 nitrogen and oxygen atoms in total. The molecule has 2 saturated heterocycles. The Labute approximate surface area is 152 Å². The Morgan fingerprint density at radius 3 is 2.45 bits per heavy atom. The van der Waals surface area contributed by atoms with E-state index in [0.29, 0.717) is 23.7 Å². The number of fused-ring (bicyclic) bond motifs is 2. The van der Waals surface area contributed by atoms with Gasteiger partial charge in [-0.1, -0.05) is 26.7 Å². The van der Waals surface area contributed by atoms with Crippen LogP contribution < -0.4 is 10.6 Å². The van der Waals surface area contributed by atoms with Gasteiger partial charge in [0.15, 0.2) is 5.96 Å². The van der Waals surface area contributed by atoms with Crippen LogP contribution in [0.2, 0.25) is 0 Å². The molecule has 3 atom stereocenters. The highest BCUT2D eigenvalue weighted by Gasteiger charge is 2.41. The van der Waals surface area contributed by atoms with Gasteiger partial charge in [0.2, 0.25) is 0 Å². The second kappa shape index (κ2) is 7.69. The summed E-state index contributed by atoms with van der Waals surface area (Å²) < 4.78 is 5.91. The Morgan fingerprint density at radius 1 is 1.18 bits per heavy atom. The lowest BCUT2D eigenvalue weighted by molar-refractivity contribution is 0.0992. The number of guanidine groups is 1. The quantitative estimate of drug-likeness (QED) is 0.416. The van der Waals surface area contributed by atoms with E-state index < -0.39 is 0 Å². The van der Waals surface area contributed by atoms with Crippen molar-refractivity contribution in [2.45, 2.75) is 77.0 Å². The monoisotopic (exact) mass is 421 g/mol. The summed E-state index contributed by atoms with van der Waals surface area (Å²) in [6.45, 7) is 5.78. The zero-order chi connectivity index (χ0) is 14.9. The van der Waals surface area contributed by atoms with E-state index in [1.165, 1.54) is 38.5 Å². The maximum atomic E-state index is 5.91. The lowest BCUT2D eigenvalue weighted by atomic mass is 9.78. The topological polar surface area (TPSA) is 45.7 Å². The molecule has 5 heteroatoms. The number of nitrogens with one attached hydrogen (secondary N) is 2. The van der Waals surface area contributed by atoms with Crippen LogP contribution in [-0.2, 0) is 4.74 Å². The van der Waals surface area contributed by atoms with Crippen molar-refractivity contribution in [1.82, 2.24) is 10.6 Å². The molecule has 2 bridgehead atoms. The fourth-order valence-electron chi connectivity index (χ4n) is 4.32. The third-order valence-corrected chi connectivity index (χ3v) is 5.82. The molecule has 0 amide bonds. The summed E-state index contributed by atoms with van der Waals surface area (Å²) in [7, 11) is 1.87. The summed E-state index contributed by atoms with van der Waals surface area (Å²) in [5, 5.41) is 7.13. The van der Waals surface area contributed by atoms with Crippen LogP contribution in [0.3, 0.4) is 0 Å². The molecule has 0 spiro atoms. The average molecular weight is 421 g/mol. The Balaban J connectivity index is 0.00000176. The summed E-state index contributed by atoms with van der Waals surface area (Å²) in [6.07, 6.45) is 10.1. The molecule has 3 rings (SSSR count). The number of aliphatic imine (C=N–C) groups is 1. The van der Waals surface area contributed by atoms with Crippen LogP contribution in [0.5, 0.6) is 0 Å². The summed E-state index contributed by atoms with van der Waals surface area (Å²) >= 11 is 0. The Kier molecular flexibility index (Phi) is 6.39. The molecular formula is C17H32IN3O. The van der Waals surface area contributed by atoms with E-state index in [4.69, 9.17) is 4.74 Å². The molecule has 0 aromatic carbocycles. The Bertz CT molecular complexity index is 393. The van der Waals surface area contributed by atoms with Crippen LogP contribution >= 0.6 is 24.0 Å². The number of rotatable bonds is 4. The molecule has 3 fully saturated rings. The zero-order valence-electron chi connectivity index (χ0n) is 14.2. The first-order chi connectivity index (χ1) is 10.1. The van der Waals surface area contributed by atoms with Crippen molar-refractivity contribution in [3.63, 3.8) is 0 Å². The van der Waals surface area contributed by atoms with Crippen molar-refractivity contribution >= 4 is 29.9 Å². The normalized spacial score (nSPS) is 32.1. The molecule has 2 aliphatic heterocycles. The number of nitrogens with zero attached hydrogens (tertiary/aromatic N) is 1. The van der Waals surface area contributed by atoms with Crippen LogP contribution in [-0.4, -0.2) is 37.8 Å². The molecule has 3 aliphatic rings. The highest BCUT2D eigenvalue weighted by molar-refractivity contribution is 14.0. The zero-order valence-corrected chi connectivity index (χ0v) is 16.6. The van der Waals surface area contributed by atoms with Gasteiger partial charge in [0.05, 0.1) is 18.2 Å². The van der Waals surface area contributed by atoms with Gasteiger partial charge < -0.3 is 15.4 Å². The summed E-state index contributed by atoms with van der Waals surface area (Å²) in [5.74, 6) is 1.80. The first-order valence-electron chi connectivity index (χ1n) is 8.71. The van der Waals surface area contributed by atoms with E-state index in [0.717, 1.165) is 24.8 Å². The number of hydrogen-bond acceptors (Lipinski definition) is 2. The predicted molar refractivity (Wildman–Crippen MR) is 102 cm³/mol. The van der Waals surface area contributed by atoms with Crippen LogP contribution in [0, 0.1) is 11.3 Å². The molecule has 2 N–H and O–H groups in total. The maximum absolute atomic E-state index is 5.91. The smallest absolute Gasteiger partial charge is 0.191 e. The van der Waals surface area contributed by atoms with Crippen molar-refractivity contribution in [3.05, 3.63) is 0 Å². The molecule has 128 valence electrons. The highest BCUT2D eigenvalue weighted by atomic mass is 127. The average Bonchev–Trinajstić information content (AvgIpc) is 3.18. The van der Waals surface area contributed by atoms with E-state index in [-0.39, 0.29) is 24.0 Å². The number of ether oxygens (including phenoxy) is 1. The van der Waals surface area contributed by atoms with Gasteiger partial charge in [-0.2, -0.15) is 0 Å². The van der Waals surface area contributed by atoms with E-state index in [2.05, 4.69) is 29.5 Å². The molecule has 0 radical (unpaired) electrons. The lowest BCUT2D eigenvalue weighted by Crippen LogP contribution is -2.50. The number of halogens is 1. The Morgan fingerprint density at radius 2 is 1.91 bits per heavy atom. The third kappa shape index (κ3) is 4.08. The minimum atomic E-state index is 0. The van der Waals surface area contributed by atoms with Crippen molar-refractivity contribution < 1.29 is 4.74 Å². The highest BCUT2D eigenvalue weighted by Crippen LogP contribution is 2.39. The SMILES string of the molecule is CN=C(NCC(C)(C)C1CCCC1)NC1CC2CCC1O2.I. The lowest BCUT2D eigenvalue weighted by Gasteiger charge is -2.33. The second-order valence-electron chi connectivity index (χ2n) is 7.76. The molecule has 3 unspecified atom stereocenters. The van der Waals surface area contributed by atoms with Gasteiger partial charge in [-0.25, -0.2) is 0 Å². The van der Waals surface area contributed by atoms with Crippen molar-refractivity contribution in [1.29, 1.82) is 0 Å². The maximum Gasteiger partial charge on any atom is 0.191 e. The molecule has 22 heavy (non-hydrogen) atoms. The fourth-order valence-corrected chi connectivity index (χ4v) is 4.32. The van der Waals surface area contributed by atoms with Gasteiger partial charge in [-0.15, -0.1) is 24.0 Å². The van der Waals surface area contributed by atoms with E-state index >= 15 is 0 Å². The van der Waals surface area contributed by atoms with Crippen LogP contribution in [0.25, 0.3) is 0 Å². The van der Waals surface area contributed by atoms with E-state index in [1.807, 2.05) is 7.05 Å². The molecule has 1 saturated carbocycles.